The molecule has 1 aromatic rings. The highest BCUT2D eigenvalue weighted by Gasteiger charge is 2.12. The minimum atomic E-state index is -0.421. The number of morpholine rings is 1. The first-order valence-electron chi connectivity index (χ1n) is 8.35. The highest BCUT2D eigenvalue weighted by Crippen LogP contribution is 2.28. The normalized spacial score (nSPS) is 15.0. The third-order valence-corrected chi connectivity index (χ3v) is 3.96. The molecule has 1 aliphatic heterocycles. The first-order chi connectivity index (χ1) is 12.7. The SMILES string of the molecule is COc1ccc(OC)c(N/C=C(/C#N)C(=O)NCCN2CCOCC2)c1. The molecular weight excluding hydrogens is 336 g/mol. The van der Waals surface area contributed by atoms with Crippen molar-refractivity contribution in [1.29, 1.82) is 5.26 Å². The second-order valence-electron chi connectivity index (χ2n) is 5.59. The van der Waals surface area contributed by atoms with Crippen LogP contribution in [-0.2, 0) is 9.53 Å². The molecule has 1 heterocycles. The van der Waals surface area contributed by atoms with E-state index in [4.69, 9.17) is 14.2 Å². The molecule has 8 nitrogen and oxygen atoms in total. The van der Waals surface area contributed by atoms with Crippen molar-refractivity contribution in [2.24, 2.45) is 0 Å². The van der Waals surface area contributed by atoms with Crippen molar-refractivity contribution in [3.8, 4) is 17.6 Å². The number of nitrogens with one attached hydrogen (secondary N) is 2. The number of amides is 1. The minimum Gasteiger partial charge on any atom is -0.497 e. The Hall–Kier alpha value is -2.76. The van der Waals surface area contributed by atoms with Crippen LogP contribution in [0.5, 0.6) is 11.5 Å². The van der Waals surface area contributed by atoms with Crippen LogP contribution in [-0.4, -0.2) is 64.4 Å². The van der Waals surface area contributed by atoms with Gasteiger partial charge >= 0.3 is 0 Å². The predicted molar refractivity (Wildman–Crippen MR) is 97.1 cm³/mol. The fourth-order valence-electron chi connectivity index (χ4n) is 2.47. The smallest absolute Gasteiger partial charge is 0.263 e. The third-order valence-electron chi connectivity index (χ3n) is 3.96. The molecule has 0 atom stereocenters. The molecule has 140 valence electrons. The lowest BCUT2D eigenvalue weighted by molar-refractivity contribution is -0.117. The zero-order chi connectivity index (χ0) is 18.8. The molecule has 0 saturated carbocycles. The van der Waals surface area contributed by atoms with Gasteiger partial charge in [-0.1, -0.05) is 0 Å². The number of hydrogen-bond acceptors (Lipinski definition) is 7. The van der Waals surface area contributed by atoms with Gasteiger partial charge in [0.15, 0.2) is 0 Å². The molecule has 2 rings (SSSR count). The zero-order valence-corrected chi connectivity index (χ0v) is 15.1. The first kappa shape index (κ1) is 19.6. The van der Waals surface area contributed by atoms with Crippen LogP contribution in [0.25, 0.3) is 0 Å². The van der Waals surface area contributed by atoms with E-state index in [1.165, 1.54) is 6.20 Å². The summed E-state index contributed by atoms with van der Waals surface area (Å²) in [7, 11) is 3.10. The van der Waals surface area contributed by atoms with Crippen LogP contribution in [0.4, 0.5) is 5.69 Å². The molecule has 1 aromatic carbocycles. The molecule has 8 heteroatoms. The molecule has 0 bridgehead atoms. The fourth-order valence-corrected chi connectivity index (χ4v) is 2.47. The van der Waals surface area contributed by atoms with Crippen LogP contribution in [0.2, 0.25) is 0 Å². The molecular formula is C18H24N4O4. The van der Waals surface area contributed by atoms with Crippen molar-refractivity contribution in [2.45, 2.75) is 0 Å². The maximum Gasteiger partial charge on any atom is 0.263 e. The second kappa shape index (κ2) is 10.3. The van der Waals surface area contributed by atoms with Gasteiger partial charge in [0.1, 0.15) is 23.1 Å². The van der Waals surface area contributed by atoms with Crippen LogP contribution in [0.3, 0.4) is 0 Å². The van der Waals surface area contributed by atoms with Crippen molar-refractivity contribution in [2.75, 3.05) is 58.9 Å². The maximum atomic E-state index is 12.2. The average molecular weight is 360 g/mol. The number of ether oxygens (including phenoxy) is 3. The van der Waals surface area contributed by atoms with E-state index in [-0.39, 0.29) is 5.57 Å². The Bertz CT molecular complexity index is 678. The summed E-state index contributed by atoms with van der Waals surface area (Å²) < 4.78 is 15.7. The first-order valence-corrected chi connectivity index (χ1v) is 8.35. The van der Waals surface area contributed by atoms with E-state index in [0.717, 1.165) is 19.6 Å². The van der Waals surface area contributed by atoms with Crippen LogP contribution in [0, 0.1) is 11.3 Å². The Morgan fingerprint density at radius 3 is 2.77 bits per heavy atom. The minimum absolute atomic E-state index is 0.0168. The van der Waals surface area contributed by atoms with Gasteiger partial charge in [0.05, 0.1) is 33.1 Å². The van der Waals surface area contributed by atoms with Crippen molar-refractivity contribution >= 4 is 11.6 Å². The van der Waals surface area contributed by atoms with Crippen molar-refractivity contribution < 1.29 is 19.0 Å². The molecule has 0 radical (unpaired) electrons. The van der Waals surface area contributed by atoms with Gasteiger partial charge in [-0.2, -0.15) is 5.26 Å². The Morgan fingerprint density at radius 2 is 2.12 bits per heavy atom. The number of carbonyl (C=O) groups excluding carboxylic acids is 1. The van der Waals surface area contributed by atoms with Gasteiger partial charge in [0.2, 0.25) is 0 Å². The Balaban J connectivity index is 1.92. The topological polar surface area (TPSA) is 95.8 Å². The number of methoxy groups -OCH3 is 2. The molecule has 2 N–H and O–H groups in total. The van der Waals surface area contributed by atoms with E-state index in [2.05, 4.69) is 15.5 Å². The van der Waals surface area contributed by atoms with E-state index in [0.29, 0.717) is 36.9 Å². The van der Waals surface area contributed by atoms with Gasteiger partial charge in [0.25, 0.3) is 5.91 Å². The van der Waals surface area contributed by atoms with Crippen LogP contribution < -0.4 is 20.1 Å². The Labute approximate surface area is 153 Å². The third kappa shape index (κ3) is 5.65. The number of anilines is 1. The number of carbonyl (C=O) groups is 1. The van der Waals surface area contributed by atoms with E-state index in [1.54, 1.807) is 32.4 Å². The maximum absolute atomic E-state index is 12.2. The van der Waals surface area contributed by atoms with Crippen molar-refractivity contribution in [3.63, 3.8) is 0 Å². The number of benzene rings is 1. The van der Waals surface area contributed by atoms with Crippen LogP contribution in [0.15, 0.2) is 30.0 Å². The van der Waals surface area contributed by atoms with E-state index < -0.39 is 5.91 Å². The Morgan fingerprint density at radius 1 is 1.35 bits per heavy atom. The van der Waals surface area contributed by atoms with Gasteiger partial charge in [-0.15, -0.1) is 0 Å². The van der Waals surface area contributed by atoms with Gasteiger partial charge < -0.3 is 24.8 Å². The molecule has 0 aromatic heterocycles. The van der Waals surface area contributed by atoms with Gasteiger partial charge in [-0.3, -0.25) is 9.69 Å². The van der Waals surface area contributed by atoms with Crippen LogP contribution >= 0.6 is 0 Å². The second-order valence-corrected chi connectivity index (χ2v) is 5.59. The average Bonchev–Trinajstić information content (AvgIpc) is 2.69. The number of hydrogen-bond donors (Lipinski definition) is 2. The fraction of sp³-hybridized carbons (Fsp3) is 0.444. The van der Waals surface area contributed by atoms with Gasteiger partial charge in [0, 0.05) is 38.4 Å². The largest absolute Gasteiger partial charge is 0.497 e. The summed E-state index contributed by atoms with van der Waals surface area (Å²) in [6.07, 6.45) is 1.36. The summed E-state index contributed by atoms with van der Waals surface area (Å²) in [4.78, 5) is 14.4. The van der Waals surface area contributed by atoms with Crippen molar-refractivity contribution in [1.82, 2.24) is 10.2 Å². The predicted octanol–water partition coefficient (Wildman–Crippen LogP) is 0.972. The summed E-state index contributed by atoms with van der Waals surface area (Å²) in [5.41, 5.74) is 0.581. The van der Waals surface area contributed by atoms with Gasteiger partial charge in [-0.25, -0.2) is 0 Å². The molecule has 0 spiro atoms. The van der Waals surface area contributed by atoms with Crippen molar-refractivity contribution in [3.05, 3.63) is 30.0 Å². The Kier molecular flexibility index (Phi) is 7.74. The molecule has 0 aliphatic carbocycles. The molecule has 1 saturated heterocycles. The highest BCUT2D eigenvalue weighted by molar-refractivity contribution is 5.97. The summed E-state index contributed by atoms with van der Waals surface area (Å²) in [6.45, 7) is 4.33. The lowest BCUT2D eigenvalue weighted by Gasteiger charge is -2.26. The molecule has 1 fully saturated rings. The highest BCUT2D eigenvalue weighted by atomic mass is 16.5. The number of nitrogens with zero attached hydrogens (tertiary/aromatic N) is 2. The van der Waals surface area contributed by atoms with E-state index in [1.807, 2.05) is 6.07 Å². The molecule has 1 aliphatic rings. The number of rotatable bonds is 8. The standard InChI is InChI=1S/C18H24N4O4/c1-24-15-3-4-17(25-2)16(11-15)21-13-14(12-19)18(23)20-5-6-22-7-9-26-10-8-22/h3-4,11,13,21H,5-10H2,1-2H3,(H,20,23)/b14-13-. The summed E-state index contributed by atoms with van der Waals surface area (Å²) in [5, 5.41) is 14.9. The van der Waals surface area contributed by atoms with E-state index >= 15 is 0 Å². The summed E-state index contributed by atoms with van der Waals surface area (Å²) in [5.74, 6) is 0.789. The zero-order valence-electron chi connectivity index (χ0n) is 15.1. The molecule has 1 amide bonds. The number of nitriles is 1. The molecule has 0 unspecified atom stereocenters. The van der Waals surface area contributed by atoms with Crippen LogP contribution in [0.1, 0.15) is 0 Å². The quantitative estimate of drug-likeness (QED) is 0.527. The van der Waals surface area contributed by atoms with Gasteiger partial charge in [-0.05, 0) is 12.1 Å². The molecule has 26 heavy (non-hydrogen) atoms. The summed E-state index contributed by atoms with van der Waals surface area (Å²) >= 11 is 0. The van der Waals surface area contributed by atoms with E-state index in [9.17, 15) is 10.1 Å². The monoisotopic (exact) mass is 360 g/mol. The lowest BCUT2D eigenvalue weighted by Crippen LogP contribution is -2.41. The lowest BCUT2D eigenvalue weighted by atomic mass is 10.2. The summed E-state index contributed by atoms with van der Waals surface area (Å²) in [6, 6.07) is 7.13.